The van der Waals surface area contributed by atoms with Crippen LogP contribution in [0.1, 0.15) is 47.3 Å². The molecule has 0 radical (unpaired) electrons. The molecule has 0 amide bonds. The van der Waals surface area contributed by atoms with E-state index in [4.69, 9.17) is 25.8 Å². The maximum absolute atomic E-state index is 11.5. The molecule has 6 heteroatoms. The normalized spacial score (nSPS) is 22.5. The lowest BCUT2D eigenvalue weighted by atomic mass is 9.94. The first-order chi connectivity index (χ1) is 14.4. The number of Topliss-reactive ketones (excluding diaryl/α,β-unsaturated/α-hetero) is 1. The summed E-state index contributed by atoms with van der Waals surface area (Å²) in [5, 5.41) is 0.669. The summed E-state index contributed by atoms with van der Waals surface area (Å²) in [6.07, 6.45) is 2.99. The van der Waals surface area contributed by atoms with Crippen molar-refractivity contribution in [3.8, 4) is 0 Å². The van der Waals surface area contributed by atoms with Gasteiger partial charge in [0.15, 0.2) is 11.6 Å². The van der Waals surface area contributed by atoms with Crippen molar-refractivity contribution in [1.29, 1.82) is 0 Å². The van der Waals surface area contributed by atoms with Crippen molar-refractivity contribution in [2.75, 3.05) is 13.2 Å². The van der Waals surface area contributed by atoms with Crippen LogP contribution in [0.25, 0.3) is 0 Å². The monoisotopic (exact) mass is 426 g/mol. The van der Waals surface area contributed by atoms with Crippen LogP contribution in [0.5, 0.6) is 0 Å². The minimum Gasteiger partial charge on any atom is -0.461 e. The van der Waals surface area contributed by atoms with Gasteiger partial charge in [-0.1, -0.05) is 48.0 Å². The van der Waals surface area contributed by atoms with E-state index in [1.807, 2.05) is 48.5 Å². The van der Waals surface area contributed by atoms with Crippen molar-refractivity contribution in [3.05, 3.63) is 81.4 Å². The Morgan fingerprint density at radius 1 is 1.17 bits per heavy atom. The molecule has 2 aromatic carbocycles. The molecule has 4 rings (SSSR count). The summed E-state index contributed by atoms with van der Waals surface area (Å²) >= 11 is 6.46. The van der Waals surface area contributed by atoms with Crippen molar-refractivity contribution in [1.82, 2.24) is 0 Å². The Morgan fingerprint density at radius 2 is 1.93 bits per heavy atom. The van der Waals surface area contributed by atoms with E-state index >= 15 is 0 Å². The molecule has 1 saturated heterocycles. The van der Waals surface area contributed by atoms with E-state index in [1.54, 1.807) is 6.92 Å². The number of halogens is 1. The molecule has 0 N–H and O–H groups in total. The second kappa shape index (κ2) is 8.34. The van der Waals surface area contributed by atoms with Crippen LogP contribution >= 0.6 is 11.6 Å². The highest BCUT2D eigenvalue weighted by molar-refractivity contribution is 6.31. The van der Waals surface area contributed by atoms with Gasteiger partial charge in [0.25, 0.3) is 0 Å². The summed E-state index contributed by atoms with van der Waals surface area (Å²) in [7, 11) is 0. The standard InChI is InChI=1S/C24H23ClO5/c1-15(26)18-5-3-17(4-6-18)11-20-12-21(7-8-22(20)25)24-10-9-19(13-28-16(2)27)23(30-24)14-29-24/h3-9,12,23H,10-11,13-14H2,1-2H3/t23-,24-/m0/s1. The fourth-order valence-corrected chi connectivity index (χ4v) is 4.01. The van der Waals surface area contributed by atoms with E-state index in [-0.39, 0.29) is 24.5 Å². The lowest BCUT2D eigenvalue weighted by Crippen LogP contribution is -2.32. The Kier molecular flexibility index (Phi) is 5.78. The molecule has 5 nitrogen and oxygen atoms in total. The Hall–Kier alpha value is -2.47. The first kappa shape index (κ1) is 20.8. The largest absolute Gasteiger partial charge is 0.461 e. The molecule has 0 unspecified atom stereocenters. The predicted molar refractivity (Wildman–Crippen MR) is 113 cm³/mol. The van der Waals surface area contributed by atoms with Crippen molar-refractivity contribution in [3.63, 3.8) is 0 Å². The molecule has 0 spiro atoms. The number of ether oxygens (including phenoxy) is 3. The van der Waals surface area contributed by atoms with Crippen LogP contribution in [0.4, 0.5) is 0 Å². The molecule has 0 saturated carbocycles. The van der Waals surface area contributed by atoms with E-state index in [2.05, 4.69) is 0 Å². The Morgan fingerprint density at radius 3 is 2.63 bits per heavy atom. The number of hydrogen-bond acceptors (Lipinski definition) is 5. The summed E-state index contributed by atoms with van der Waals surface area (Å²) in [6, 6.07) is 13.4. The Balaban J connectivity index is 1.55. The van der Waals surface area contributed by atoms with Gasteiger partial charge in [0.05, 0.1) is 6.61 Å². The van der Waals surface area contributed by atoms with Gasteiger partial charge < -0.3 is 14.2 Å². The maximum atomic E-state index is 11.5. The molecule has 30 heavy (non-hydrogen) atoms. The van der Waals surface area contributed by atoms with Gasteiger partial charge >= 0.3 is 5.97 Å². The number of esters is 1. The Bertz CT molecular complexity index is 1010. The zero-order valence-corrected chi connectivity index (χ0v) is 17.7. The third-order valence-electron chi connectivity index (χ3n) is 5.53. The van der Waals surface area contributed by atoms with Crippen molar-refractivity contribution < 1.29 is 23.8 Å². The van der Waals surface area contributed by atoms with E-state index in [9.17, 15) is 9.59 Å². The number of carbonyl (C=O) groups excluding carboxylic acids is 2. The van der Waals surface area contributed by atoms with Gasteiger partial charge in [0.1, 0.15) is 12.7 Å². The topological polar surface area (TPSA) is 61.8 Å². The lowest BCUT2D eigenvalue weighted by Gasteiger charge is -2.31. The molecule has 1 fully saturated rings. The van der Waals surface area contributed by atoms with Gasteiger partial charge in [0, 0.05) is 29.5 Å². The third-order valence-corrected chi connectivity index (χ3v) is 5.90. The summed E-state index contributed by atoms with van der Waals surface area (Å²) < 4.78 is 17.4. The van der Waals surface area contributed by atoms with Crippen molar-refractivity contribution in [2.45, 2.75) is 38.6 Å². The number of fused-ring (bicyclic) bond motifs is 2. The van der Waals surface area contributed by atoms with Gasteiger partial charge in [0.2, 0.25) is 0 Å². The van der Waals surface area contributed by atoms with Crippen molar-refractivity contribution >= 4 is 23.4 Å². The molecule has 0 aliphatic carbocycles. The SMILES string of the molecule is CC(=O)OCC1=CC[C@]2(c3ccc(Cl)c(Cc4ccc(C(C)=O)cc4)c3)OC[C@@H]1O2. The highest BCUT2D eigenvalue weighted by Gasteiger charge is 2.47. The van der Waals surface area contributed by atoms with E-state index < -0.39 is 5.79 Å². The number of hydrogen-bond donors (Lipinski definition) is 0. The second-order valence-electron chi connectivity index (χ2n) is 7.67. The molecule has 2 atom stereocenters. The quantitative estimate of drug-likeness (QED) is 0.384. The van der Waals surface area contributed by atoms with Gasteiger partial charge in [-0.25, -0.2) is 0 Å². The molecular formula is C24H23ClO5. The van der Waals surface area contributed by atoms with E-state index in [1.165, 1.54) is 6.92 Å². The second-order valence-corrected chi connectivity index (χ2v) is 8.08. The smallest absolute Gasteiger partial charge is 0.302 e. The molecule has 2 aromatic rings. The summed E-state index contributed by atoms with van der Waals surface area (Å²) in [5.74, 6) is -1.11. The van der Waals surface area contributed by atoms with Gasteiger partial charge in [-0.3, -0.25) is 9.59 Å². The molecule has 0 aromatic heterocycles. The lowest BCUT2D eigenvalue weighted by molar-refractivity contribution is -0.176. The highest BCUT2D eigenvalue weighted by atomic mass is 35.5. The van der Waals surface area contributed by atoms with Crippen LogP contribution in [0, 0.1) is 0 Å². The minimum absolute atomic E-state index is 0.0455. The van der Waals surface area contributed by atoms with E-state index in [0.717, 1.165) is 22.3 Å². The zero-order chi connectivity index (χ0) is 21.3. The van der Waals surface area contributed by atoms with Crippen LogP contribution in [-0.4, -0.2) is 31.1 Å². The number of rotatable bonds is 6. The average Bonchev–Trinajstić information content (AvgIpc) is 3.08. The van der Waals surface area contributed by atoms with Gasteiger partial charge in [-0.05, 0) is 42.2 Å². The Labute approximate surface area is 180 Å². The first-order valence-electron chi connectivity index (χ1n) is 9.89. The first-order valence-corrected chi connectivity index (χ1v) is 10.3. The predicted octanol–water partition coefficient (Wildman–Crippen LogP) is 4.59. The molecule has 156 valence electrons. The number of benzene rings is 2. The highest BCUT2D eigenvalue weighted by Crippen LogP contribution is 2.44. The molecule has 2 aliphatic rings. The third kappa shape index (κ3) is 4.19. The van der Waals surface area contributed by atoms with Crippen LogP contribution in [0.15, 0.2) is 54.1 Å². The number of ketones is 1. The number of carbonyl (C=O) groups is 2. The molecule has 2 aliphatic heterocycles. The van der Waals surface area contributed by atoms with Crippen molar-refractivity contribution in [2.24, 2.45) is 0 Å². The molecule has 2 bridgehead atoms. The van der Waals surface area contributed by atoms with Gasteiger partial charge in [-0.15, -0.1) is 0 Å². The summed E-state index contributed by atoms with van der Waals surface area (Å²) in [4.78, 5) is 22.6. The maximum Gasteiger partial charge on any atom is 0.302 e. The fraction of sp³-hybridized carbons (Fsp3) is 0.333. The molecule has 2 heterocycles. The minimum atomic E-state index is -0.845. The van der Waals surface area contributed by atoms with Gasteiger partial charge in [-0.2, -0.15) is 0 Å². The van der Waals surface area contributed by atoms with Crippen LogP contribution in [0.2, 0.25) is 5.02 Å². The summed E-state index contributed by atoms with van der Waals surface area (Å²) in [6.45, 7) is 3.58. The summed E-state index contributed by atoms with van der Waals surface area (Å²) in [5.41, 5.74) is 4.56. The average molecular weight is 427 g/mol. The van der Waals surface area contributed by atoms with E-state index in [0.29, 0.717) is 30.0 Å². The van der Waals surface area contributed by atoms with Crippen LogP contribution in [0.3, 0.4) is 0 Å². The molecular weight excluding hydrogens is 404 g/mol. The van der Waals surface area contributed by atoms with Crippen LogP contribution < -0.4 is 0 Å². The zero-order valence-electron chi connectivity index (χ0n) is 16.9. The van der Waals surface area contributed by atoms with Crippen LogP contribution in [-0.2, 0) is 31.2 Å². The fourth-order valence-electron chi connectivity index (χ4n) is 3.83.